The number of anilines is 1. The number of morpholine rings is 1. The van der Waals surface area contributed by atoms with Crippen LogP contribution in [0.4, 0.5) is 5.82 Å². The van der Waals surface area contributed by atoms with Crippen LogP contribution < -0.4 is 4.90 Å². The number of aryl methyl sites for hydroxylation is 1. The Morgan fingerprint density at radius 3 is 3.10 bits per heavy atom. The number of hydrogen-bond acceptors (Lipinski definition) is 6. The van der Waals surface area contributed by atoms with Crippen molar-refractivity contribution >= 4 is 28.6 Å². The summed E-state index contributed by atoms with van der Waals surface area (Å²) < 4.78 is 7.31. The number of aliphatic hydroxyl groups is 1. The molecule has 1 saturated heterocycles. The minimum Gasteiger partial charge on any atom is -0.394 e. The van der Waals surface area contributed by atoms with E-state index in [1.807, 2.05) is 16.4 Å². The highest BCUT2D eigenvalue weighted by molar-refractivity contribution is 6.28. The molecule has 3 rings (SSSR count). The normalized spacial score (nSPS) is 19.8. The van der Waals surface area contributed by atoms with E-state index in [2.05, 4.69) is 15.0 Å². The lowest BCUT2D eigenvalue weighted by Crippen LogP contribution is -2.48. The molecule has 1 aliphatic rings. The molecule has 1 aliphatic heterocycles. The first-order valence-corrected chi connectivity index (χ1v) is 6.96. The number of hydrogen-bond donors (Lipinski definition) is 1. The van der Waals surface area contributed by atoms with Gasteiger partial charge in [0.2, 0.25) is 5.28 Å². The van der Waals surface area contributed by atoms with Gasteiger partial charge in [0.05, 0.1) is 32.2 Å². The molecule has 3 heterocycles. The van der Waals surface area contributed by atoms with E-state index >= 15 is 0 Å². The van der Waals surface area contributed by atoms with Gasteiger partial charge in [-0.3, -0.25) is 0 Å². The van der Waals surface area contributed by atoms with Gasteiger partial charge in [-0.15, -0.1) is 0 Å². The van der Waals surface area contributed by atoms with E-state index in [9.17, 15) is 5.11 Å². The lowest BCUT2D eigenvalue weighted by atomic mass is 10.2. The van der Waals surface area contributed by atoms with Gasteiger partial charge in [-0.1, -0.05) is 0 Å². The molecule has 20 heavy (non-hydrogen) atoms. The Morgan fingerprint density at radius 2 is 2.35 bits per heavy atom. The SMILES string of the molecule is CCn1cnc2c(N3CCOC[C@@H]3CO)nc(Cl)nc21. The maximum Gasteiger partial charge on any atom is 0.226 e. The molecule has 1 N–H and O–H groups in total. The predicted octanol–water partition coefficient (Wildman–Crippen LogP) is 0.697. The zero-order valence-corrected chi connectivity index (χ0v) is 11.9. The van der Waals surface area contributed by atoms with E-state index in [1.54, 1.807) is 6.33 Å². The third-order valence-corrected chi connectivity index (χ3v) is 3.64. The molecule has 0 amide bonds. The van der Waals surface area contributed by atoms with Crippen molar-refractivity contribution in [2.75, 3.05) is 31.3 Å². The fourth-order valence-electron chi connectivity index (χ4n) is 2.42. The average molecular weight is 298 g/mol. The molecule has 0 radical (unpaired) electrons. The van der Waals surface area contributed by atoms with E-state index in [0.29, 0.717) is 36.7 Å². The fraction of sp³-hybridized carbons (Fsp3) is 0.583. The smallest absolute Gasteiger partial charge is 0.226 e. The predicted molar refractivity (Wildman–Crippen MR) is 75.0 cm³/mol. The number of aromatic nitrogens is 4. The number of fused-ring (bicyclic) bond motifs is 1. The quantitative estimate of drug-likeness (QED) is 0.840. The summed E-state index contributed by atoms with van der Waals surface area (Å²) in [5.74, 6) is 0.662. The second-order valence-electron chi connectivity index (χ2n) is 4.62. The highest BCUT2D eigenvalue weighted by atomic mass is 35.5. The Bertz CT molecular complexity index is 617. The highest BCUT2D eigenvalue weighted by Gasteiger charge is 2.27. The zero-order valence-electron chi connectivity index (χ0n) is 11.2. The molecule has 7 nitrogen and oxygen atoms in total. The Kier molecular flexibility index (Phi) is 3.73. The van der Waals surface area contributed by atoms with Crippen molar-refractivity contribution in [2.45, 2.75) is 19.5 Å². The maximum absolute atomic E-state index is 9.49. The van der Waals surface area contributed by atoms with Gasteiger partial charge in [0, 0.05) is 13.1 Å². The summed E-state index contributed by atoms with van der Waals surface area (Å²) in [6.07, 6.45) is 1.73. The van der Waals surface area contributed by atoms with Gasteiger partial charge in [-0.25, -0.2) is 4.98 Å². The van der Waals surface area contributed by atoms with Gasteiger partial charge < -0.3 is 19.3 Å². The fourth-order valence-corrected chi connectivity index (χ4v) is 2.58. The van der Waals surface area contributed by atoms with Crippen LogP contribution in [-0.4, -0.2) is 57.0 Å². The molecule has 0 bridgehead atoms. The maximum atomic E-state index is 9.49. The van der Waals surface area contributed by atoms with E-state index in [4.69, 9.17) is 16.3 Å². The number of aliphatic hydroxyl groups excluding tert-OH is 1. The van der Waals surface area contributed by atoms with Crippen LogP contribution in [0.5, 0.6) is 0 Å². The van der Waals surface area contributed by atoms with Crippen molar-refractivity contribution in [3.05, 3.63) is 11.6 Å². The van der Waals surface area contributed by atoms with Crippen molar-refractivity contribution in [3.63, 3.8) is 0 Å². The van der Waals surface area contributed by atoms with Crippen molar-refractivity contribution in [1.29, 1.82) is 0 Å². The van der Waals surface area contributed by atoms with Crippen molar-refractivity contribution in [2.24, 2.45) is 0 Å². The molecule has 2 aromatic heterocycles. The summed E-state index contributed by atoms with van der Waals surface area (Å²) in [7, 11) is 0. The molecular weight excluding hydrogens is 282 g/mol. The number of imidazole rings is 1. The summed E-state index contributed by atoms with van der Waals surface area (Å²) in [5.41, 5.74) is 1.42. The summed E-state index contributed by atoms with van der Waals surface area (Å²) in [5, 5.41) is 9.68. The van der Waals surface area contributed by atoms with Crippen molar-refractivity contribution in [1.82, 2.24) is 19.5 Å². The molecule has 0 unspecified atom stereocenters. The van der Waals surface area contributed by atoms with Gasteiger partial charge in [-0.05, 0) is 18.5 Å². The Balaban J connectivity index is 2.12. The number of halogens is 1. The Morgan fingerprint density at radius 1 is 1.50 bits per heavy atom. The topological polar surface area (TPSA) is 76.3 Å². The van der Waals surface area contributed by atoms with Crippen LogP contribution in [0.3, 0.4) is 0 Å². The van der Waals surface area contributed by atoms with Crippen LogP contribution in [-0.2, 0) is 11.3 Å². The summed E-state index contributed by atoms with van der Waals surface area (Å²) in [4.78, 5) is 14.9. The van der Waals surface area contributed by atoms with Crippen LogP contribution in [0.1, 0.15) is 6.92 Å². The van der Waals surface area contributed by atoms with Crippen LogP contribution in [0.2, 0.25) is 5.28 Å². The molecular formula is C12H16ClN5O2. The van der Waals surface area contributed by atoms with E-state index in [1.165, 1.54) is 0 Å². The minimum atomic E-state index is -0.135. The first kappa shape index (κ1) is 13.5. The minimum absolute atomic E-state index is 0.00238. The molecule has 0 aliphatic carbocycles. The first-order chi connectivity index (χ1) is 9.74. The van der Waals surface area contributed by atoms with Crippen LogP contribution in [0.25, 0.3) is 11.2 Å². The second-order valence-corrected chi connectivity index (χ2v) is 4.96. The Hall–Kier alpha value is -1.44. The number of ether oxygens (including phenoxy) is 1. The summed E-state index contributed by atoms with van der Waals surface area (Å²) >= 11 is 6.04. The first-order valence-electron chi connectivity index (χ1n) is 6.58. The lowest BCUT2D eigenvalue weighted by Gasteiger charge is -2.35. The molecule has 1 atom stereocenters. The van der Waals surface area contributed by atoms with E-state index in [0.717, 1.165) is 6.54 Å². The highest BCUT2D eigenvalue weighted by Crippen LogP contribution is 2.26. The molecule has 0 aromatic carbocycles. The summed E-state index contributed by atoms with van der Waals surface area (Å²) in [6, 6.07) is -0.135. The standard InChI is InChI=1S/C12H16ClN5O2/c1-2-17-7-14-9-10(17)15-12(13)16-11(9)18-3-4-20-6-8(18)5-19/h7-8,19H,2-6H2,1H3/t8-/m0/s1. The molecule has 8 heteroatoms. The third-order valence-electron chi connectivity index (χ3n) is 3.47. The molecule has 2 aromatic rings. The van der Waals surface area contributed by atoms with E-state index < -0.39 is 0 Å². The van der Waals surface area contributed by atoms with Gasteiger partial charge in [0.1, 0.15) is 0 Å². The van der Waals surface area contributed by atoms with Gasteiger partial charge >= 0.3 is 0 Å². The zero-order chi connectivity index (χ0) is 14.1. The lowest BCUT2D eigenvalue weighted by molar-refractivity contribution is 0.0724. The van der Waals surface area contributed by atoms with Crippen molar-refractivity contribution in [3.8, 4) is 0 Å². The van der Waals surface area contributed by atoms with Crippen molar-refractivity contribution < 1.29 is 9.84 Å². The van der Waals surface area contributed by atoms with Crippen LogP contribution >= 0.6 is 11.6 Å². The Labute approximate surface area is 121 Å². The van der Waals surface area contributed by atoms with Gasteiger partial charge in [-0.2, -0.15) is 9.97 Å². The second kappa shape index (κ2) is 5.51. The van der Waals surface area contributed by atoms with Gasteiger partial charge in [0.25, 0.3) is 0 Å². The molecule has 0 saturated carbocycles. The number of nitrogens with zero attached hydrogens (tertiary/aromatic N) is 5. The van der Waals surface area contributed by atoms with Crippen LogP contribution in [0.15, 0.2) is 6.33 Å². The van der Waals surface area contributed by atoms with Gasteiger partial charge in [0.15, 0.2) is 17.0 Å². The molecule has 0 spiro atoms. The third kappa shape index (κ3) is 2.21. The average Bonchev–Trinajstić information content (AvgIpc) is 2.89. The largest absolute Gasteiger partial charge is 0.394 e. The summed E-state index contributed by atoms with van der Waals surface area (Å²) in [6.45, 7) is 4.48. The van der Waals surface area contributed by atoms with E-state index in [-0.39, 0.29) is 17.9 Å². The van der Waals surface area contributed by atoms with Crippen LogP contribution in [0, 0.1) is 0 Å². The molecule has 1 fully saturated rings. The monoisotopic (exact) mass is 297 g/mol. The number of rotatable bonds is 3. The molecule has 108 valence electrons.